The lowest BCUT2D eigenvalue weighted by molar-refractivity contribution is -0.149. The van der Waals surface area contributed by atoms with E-state index in [2.05, 4.69) is 5.32 Å². The number of nitrogens with one attached hydrogen (secondary N) is 1. The van der Waals surface area contributed by atoms with Gasteiger partial charge in [0.15, 0.2) is 13.2 Å². The van der Waals surface area contributed by atoms with Crippen molar-refractivity contribution in [1.29, 1.82) is 0 Å². The van der Waals surface area contributed by atoms with Crippen LogP contribution in [0.3, 0.4) is 0 Å². The minimum Gasteiger partial charge on any atom is -0.482 e. The Balaban J connectivity index is 1.47. The number of amides is 1. The molecule has 0 atom stereocenters. The molecule has 1 aromatic heterocycles. The minimum atomic E-state index is -3.64. The number of para-hydroxylation sites is 1. The molecule has 0 saturated heterocycles. The molecule has 0 aliphatic carbocycles. The zero-order valence-electron chi connectivity index (χ0n) is 16.9. The summed E-state index contributed by atoms with van der Waals surface area (Å²) in [5.74, 6) is -0.931. The van der Waals surface area contributed by atoms with Crippen molar-refractivity contribution in [3.63, 3.8) is 0 Å². The lowest BCUT2D eigenvalue weighted by Crippen LogP contribution is -2.25. The first-order chi connectivity index (χ1) is 15.3. The molecule has 0 aliphatic rings. The Kier molecular flexibility index (Phi) is 7.73. The number of halogens is 1. The summed E-state index contributed by atoms with van der Waals surface area (Å²) in [5, 5.41) is 4.60. The second kappa shape index (κ2) is 10.5. The van der Waals surface area contributed by atoms with Gasteiger partial charge in [0, 0.05) is 7.05 Å². The van der Waals surface area contributed by atoms with Gasteiger partial charge in [0.05, 0.1) is 16.4 Å². The normalized spacial score (nSPS) is 10.9. The standard InChI is InChI=1S/C21H19ClN2O6S2/c1-24(32(27,28)21-7-4-12-31-21)15-8-10-16(11-9-15)29-14-20(26)30-13-19(25)23-18-6-3-2-5-17(18)22/h2-12H,13-14H2,1H3,(H,23,25). The molecule has 8 nitrogen and oxygen atoms in total. The van der Waals surface area contributed by atoms with E-state index < -0.39 is 35.1 Å². The molecule has 32 heavy (non-hydrogen) atoms. The maximum atomic E-state index is 12.6. The van der Waals surface area contributed by atoms with Gasteiger partial charge in [-0.2, -0.15) is 0 Å². The molecule has 0 saturated carbocycles. The second-order valence-corrected chi connectivity index (χ2v) is 9.93. The van der Waals surface area contributed by atoms with E-state index in [4.69, 9.17) is 21.1 Å². The van der Waals surface area contributed by atoms with Crippen LogP contribution in [0.2, 0.25) is 5.02 Å². The molecule has 1 amide bonds. The van der Waals surface area contributed by atoms with Crippen LogP contribution < -0.4 is 14.4 Å². The number of hydrogen-bond donors (Lipinski definition) is 1. The number of sulfonamides is 1. The van der Waals surface area contributed by atoms with Crippen molar-refractivity contribution in [2.75, 3.05) is 29.9 Å². The Morgan fingerprint density at radius 3 is 2.41 bits per heavy atom. The smallest absolute Gasteiger partial charge is 0.344 e. The summed E-state index contributed by atoms with van der Waals surface area (Å²) in [6, 6.07) is 16.1. The van der Waals surface area contributed by atoms with Gasteiger partial charge < -0.3 is 14.8 Å². The first-order valence-electron chi connectivity index (χ1n) is 9.22. The Bertz CT molecular complexity index is 1180. The van der Waals surface area contributed by atoms with Crippen LogP contribution in [0.15, 0.2) is 70.3 Å². The zero-order valence-corrected chi connectivity index (χ0v) is 19.2. The minimum absolute atomic E-state index is 0.238. The number of carbonyl (C=O) groups excluding carboxylic acids is 2. The molecule has 0 fully saturated rings. The molecule has 0 bridgehead atoms. The third kappa shape index (κ3) is 6.00. The Morgan fingerprint density at radius 2 is 1.75 bits per heavy atom. The van der Waals surface area contributed by atoms with Gasteiger partial charge >= 0.3 is 5.97 Å². The summed E-state index contributed by atoms with van der Waals surface area (Å²) >= 11 is 7.09. The predicted octanol–water partition coefficient (Wildman–Crippen LogP) is 3.79. The van der Waals surface area contributed by atoms with Crippen LogP contribution in [0.1, 0.15) is 0 Å². The van der Waals surface area contributed by atoms with Crippen molar-refractivity contribution in [3.8, 4) is 5.75 Å². The number of benzene rings is 2. The molecule has 0 spiro atoms. The van der Waals surface area contributed by atoms with Crippen LogP contribution in [0.5, 0.6) is 5.75 Å². The molecule has 0 aliphatic heterocycles. The van der Waals surface area contributed by atoms with Crippen LogP contribution in [-0.4, -0.2) is 40.6 Å². The number of rotatable bonds is 9. The Hall–Kier alpha value is -3.08. The number of carbonyl (C=O) groups is 2. The van der Waals surface area contributed by atoms with Gasteiger partial charge in [0.2, 0.25) is 0 Å². The van der Waals surface area contributed by atoms with Crippen molar-refractivity contribution < 1.29 is 27.5 Å². The van der Waals surface area contributed by atoms with E-state index in [0.29, 0.717) is 22.1 Å². The summed E-state index contributed by atoms with van der Waals surface area (Å²) in [5.41, 5.74) is 0.849. The van der Waals surface area contributed by atoms with Crippen molar-refractivity contribution >= 4 is 56.2 Å². The third-order valence-corrected chi connectivity index (χ3v) is 7.67. The van der Waals surface area contributed by atoms with Gasteiger partial charge in [-0.25, -0.2) is 13.2 Å². The first kappa shape index (κ1) is 23.6. The van der Waals surface area contributed by atoms with Crippen LogP contribution >= 0.6 is 22.9 Å². The lowest BCUT2D eigenvalue weighted by atomic mass is 10.3. The number of ether oxygens (including phenoxy) is 2. The summed E-state index contributed by atoms with van der Waals surface area (Å²) < 4.78 is 36.7. The van der Waals surface area contributed by atoms with E-state index in [9.17, 15) is 18.0 Å². The molecule has 168 valence electrons. The van der Waals surface area contributed by atoms with E-state index in [1.54, 1.807) is 47.8 Å². The van der Waals surface area contributed by atoms with Crippen molar-refractivity contribution in [3.05, 3.63) is 71.1 Å². The van der Waals surface area contributed by atoms with E-state index in [0.717, 1.165) is 15.6 Å². The fourth-order valence-electron chi connectivity index (χ4n) is 2.52. The molecular formula is C21H19ClN2O6S2. The van der Waals surface area contributed by atoms with Crippen LogP contribution in [0, 0.1) is 0 Å². The van der Waals surface area contributed by atoms with E-state index in [1.165, 1.54) is 25.2 Å². The quantitative estimate of drug-likeness (QED) is 0.454. The molecule has 11 heteroatoms. The van der Waals surface area contributed by atoms with Crippen LogP contribution in [0.4, 0.5) is 11.4 Å². The molecule has 2 aromatic carbocycles. The van der Waals surface area contributed by atoms with Gasteiger partial charge in [-0.1, -0.05) is 29.8 Å². The van der Waals surface area contributed by atoms with Gasteiger partial charge in [-0.05, 0) is 47.8 Å². The first-order valence-corrected chi connectivity index (χ1v) is 11.9. The van der Waals surface area contributed by atoms with E-state index in [1.807, 2.05) is 0 Å². The van der Waals surface area contributed by atoms with Crippen LogP contribution in [0.25, 0.3) is 0 Å². The molecule has 1 N–H and O–H groups in total. The fourth-order valence-corrected chi connectivity index (χ4v) is 5.05. The topological polar surface area (TPSA) is 102 Å². The van der Waals surface area contributed by atoms with Gasteiger partial charge in [-0.15, -0.1) is 11.3 Å². The van der Waals surface area contributed by atoms with Crippen molar-refractivity contribution in [2.45, 2.75) is 4.21 Å². The zero-order chi connectivity index (χ0) is 23.1. The molecular weight excluding hydrogens is 476 g/mol. The van der Waals surface area contributed by atoms with E-state index >= 15 is 0 Å². The maximum Gasteiger partial charge on any atom is 0.344 e. The lowest BCUT2D eigenvalue weighted by Gasteiger charge is -2.18. The summed E-state index contributed by atoms with van der Waals surface area (Å²) in [4.78, 5) is 23.7. The van der Waals surface area contributed by atoms with Gasteiger partial charge in [0.25, 0.3) is 15.9 Å². The molecule has 1 heterocycles. The Labute approximate surface area is 194 Å². The molecule has 0 radical (unpaired) electrons. The number of esters is 1. The fraction of sp³-hybridized carbons (Fsp3) is 0.143. The van der Waals surface area contributed by atoms with Crippen molar-refractivity contribution in [1.82, 2.24) is 0 Å². The molecule has 3 rings (SSSR count). The van der Waals surface area contributed by atoms with Gasteiger partial charge in [0.1, 0.15) is 9.96 Å². The highest BCUT2D eigenvalue weighted by Crippen LogP contribution is 2.26. The Morgan fingerprint density at radius 1 is 1.03 bits per heavy atom. The number of nitrogens with zero attached hydrogens (tertiary/aromatic N) is 1. The highest BCUT2D eigenvalue weighted by molar-refractivity contribution is 7.94. The predicted molar refractivity (Wildman–Crippen MR) is 123 cm³/mol. The van der Waals surface area contributed by atoms with Crippen molar-refractivity contribution in [2.24, 2.45) is 0 Å². The largest absolute Gasteiger partial charge is 0.482 e. The second-order valence-electron chi connectivity index (χ2n) is 6.38. The summed E-state index contributed by atoms with van der Waals surface area (Å²) in [6.45, 7) is -0.903. The molecule has 3 aromatic rings. The average Bonchev–Trinajstić information content (AvgIpc) is 3.34. The molecule has 0 unspecified atom stereocenters. The number of thiophene rings is 1. The van der Waals surface area contributed by atoms with E-state index in [-0.39, 0.29) is 4.21 Å². The number of hydrogen-bond acceptors (Lipinski definition) is 7. The van der Waals surface area contributed by atoms with Crippen LogP contribution in [-0.2, 0) is 24.3 Å². The summed E-state index contributed by atoms with van der Waals surface area (Å²) in [7, 11) is -2.18. The average molecular weight is 495 g/mol. The SMILES string of the molecule is CN(c1ccc(OCC(=O)OCC(=O)Nc2ccccc2Cl)cc1)S(=O)(=O)c1cccs1. The number of anilines is 2. The highest BCUT2D eigenvalue weighted by Gasteiger charge is 2.22. The summed E-state index contributed by atoms with van der Waals surface area (Å²) in [6.07, 6.45) is 0. The maximum absolute atomic E-state index is 12.6. The highest BCUT2D eigenvalue weighted by atomic mass is 35.5. The monoisotopic (exact) mass is 494 g/mol. The third-order valence-electron chi connectivity index (χ3n) is 4.18. The van der Waals surface area contributed by atoms with Gasteiger partial charge in [-0.3, -0.25) is 9.10 Å².